The van der Waals surface area contributed by atoms with Crippen LogP contribution in [0.2, 0.25) is 0 Å². The Morgan fingerprint density at radius 2 is 2.06 bits per heavy atom. The Balaban J connectivity index is 2.30. The van der Waals surface area contributed by atoms with Gasteiger partial charge in [0.05, 0.1) is 6.61 Å². The van der Waals surface area contributed by atoms with E-state index in [0.29, 0.717) is 18.1 Å². The first-order valence-corrected chi connectivity index (χ1v) is 5.24. The molecule has 1 aromatic heterocycles. The van der Waals surface area contributed by atoms with Crippen molar-refractivity contribution in [1.82, 2.24) is 9.97 Å². The Labute approximate surface area is 98.0 Å². The third-order valence-corrected chi connectivity index (χ3v) is 2.03. The number of para-hydroxylation sites is 2. The highest BCUT2D eigenvalue weighted by Crippen LogP contribution is 2.28. The average Bonchev–Trinajstić information content (AvgIpc) is 2.35. The molecule has 0 atom stereocenters. The highest BCUT2D eigenvalue weighted by atomic mass is 16.5. The zero-order valence-electron chi connectivity index (χ0n) is 9.34. The molecule has 0 unspecified atom stereocenters. The number of nitrogens with one attached hydrogen (secondary N) is 1. The second-order valence-corrected chi connectivity index (χ2v) is 3.21. The van der Waals surface area contributed by atoms with Crippen LogP contribution in [0.5, 0.6) is 17.4 Å². The maximum absolute atomic E-state index is 11.4. The first-order chi connectivity index (χ1) is 8.31. The predicted molar refractivity (Wildman–Crippen MR) is 62.5 cm³/mol. The van der Waals surface area contributed by atoms with Crippen molar-refractivity contribution < 1.29 is 9.47 Å². The molecule has 0 fully saturated rings. The lowest BCUT2D eigenvalue weighted by atomic mass is 10.3. The van der Waals surface area contributed by atoms with E-state index in [9.17, 15) is 4.79 Å². The summed E-state index contributed by atoms with van der Waals surface area (Å²) in [5.41, 5.74) is -0.376. The van der Waals surface area contributed by atoms with Crippen molar-refractivity contribution in [1.29, 1.82) is 0 Å². The van der Waals surface area contributed by atoms with E-state index < -0.39 is 0 Å². The van der Waals surface area contributed by atoms with Crippen LogP contribution >= 0.6 is 0 Å². The third-order valence-electron chi connectivity index (χ3n) is 2.03. The van der Waals surface area contributed by atoms with Gasteiger partial charge in [-0.1, -0.05) is 12.1 Å². The van der Waals surface area contributed by atoms with E-state index in [1.54, 1.807) is 18.2 Å². The number of hydrogen-bond acceptors (Lipinski definition) is 4. The lowest BCUT2D eigenvalue weighted by molar-refractivity contribution is 0.318. The molecule has 0 bridgehead atoms. The van der Waals surface area contributed by atoms with Crippen molar-refractivity contribution in [3.63, 3.8) is 0 Å². The van der Waals surface area contributed by atoms with Gasteiger partial charge in [-0.15, -0.1) is 0 Å². The summed E-state index contributed by atoms with van der Waals surface area (Å²) >= 11 is 0. The summed E-state index contributed by atoms with van der Waals surface area (Å²) in [6.07, 6.45) is 2.91. The fraction of sp³-hybridized carbons (Fsp3) is 0.167. The SMILES string of the molecule is CCOc1ccccc1Oc1ncc[nH]c1=O. The van der Waals surface area contributed by atoms with Gasteiger partial charge in [-0.25, -0.2) is 4.98 Å². The zero-order valence-corrected chi connectivity index (χ0v) is 9.34. The maximum Gasteiger partial charge on any atom is 0.311 e. The number of aromatic nitrogens is 2. The van der Waals surface area contributed by atoms with E-state index in [4.69, 9.17) is 9.47 Å². The van der Waals surface area contributed by atoms with Gasteiger partial charge in [0.25, 0.3) is 5.88 Å². The highest BCUT2D eigenvalue weighted by Gasteiger charge is 2.08. The minimum absolute atomic E-state index is 0.000321. The van der Waals surface area contributed by atoms with Crippen LogP contribution in [0.15, 0.2) is 41.5 Å². The fourth-order valence-electron chi connectivity index (χ4n) is 1.32. The number of ether oxygens (including phenoxy) is 2. The van der Waals surface area contributed by atoms with Gasteiger partial charge in [0.2, 0.25) is 0 Å². The summed E-state index contributed by atoms with van der Waals surface area (Å²) < 4.78 is 10.8. The standard InChI is InChI=1S/C12H12N2O3/c1-2-16-9-5-3-4-6-10(9)17-12-11(15)13-7-8-14-12/h3-8H,2H2,1H3,(H,13,15). The zero-order chi connectivity index (χ0) is 12.1. The maximum atomic E-state index is 11.4. The summed E-state index contributed by atoms with van der Waals surface area (Å²) in [7, 11) is 0. The molecule has 0 aliphatic heterocycles. The number of hydrogen-bond donors (Lipinski definition) is 1. The number of benzene rings is 1. The van der Waals surface area contributed by atoms with Gasteiger partial charge >= 0.3 is 5.56 Å². The summed E-state index contributed by atoms with van der Waals surface area (Å²) in [4.78, 5) is 17.7. The normalized spacial score (nSPS) is 9.94. The lowest BCUT2D eigenvalue weighted by Crippen LogP contribution is -2.09. The van der Waals surface area contributed by atoms with Crippen molar-refractivity contribution in [2.45, 2.75) is 6.92 Å². The van der Waals surface area contributed by atoms with Crippen molar-refractivity contribution in [3.8, 4) is 17.4 Å². The second-order valence-electron chi connectivity index (χ2n) is 3.21. The van der Waals surface area contributed by atoms with Crippen LogP contribution in [0.4, 0.5) is 0 Å². The number of aromatic amines is 1. The predicted octanol–water partition coefficient (Wildman–Crippen LogP) is 1.96. The van der Waals surface area contributed by atoms with Gasteiger partial charge in [-0.05, 0) is 19.1 Å². The van der Waals surface area contributed by atoms with Crippen LogP contribution in [0.3, 0.4) is 0 Å². The Bertz CT molecular complexity index is 551. The molecule has 0 aliphatic rings. The van der Waals surface area contributed by atoms with Gasteiger partial charge < -0.3 is 14.5 Å². The van der Waals surface area contributed by atoms with Gasteiger partial charge in [0.15, 0.2) is 11.5 Å². The van der Waals surface area contributed by atoms with Crippen LogP contribution in [0.25, 0.3) is 0 Å². The Morgan fingerprint density at radius 3 is 2.76 bits per heavy atom. The van der Waals surface area contributed by atoms with E-state index in [1.807, 2.05) is 13.0 Å². The van der Waals surface area contributed by atoms with E-state index in [0.717, 1.165) is 0 Å². The van der Waals surface area contributed by atoms with Crippen LogP contribution in [0.1, 0.15) is 6.92 Å². The van der Waals surface area contributed by atoms with Gasteiger partial charge in [-0.2, -0.15) is 0 Å². The quantitative estimate of drug-likeness (QED) is 0.875. The smallest absolute Gasteiger partial charge is 0.311 e. The summed E-state index contributed by atoms with van der Waals surface area (Å²) in [5.74, 6) is 1.05. The van der Waals surface area contributed by atoms with E-state index in [2.05, 4.69) is 9.97 Å². The van der Waals surface area contributed by atoms with E-state index in [-0.39, 0.29) is 11.4 Å². The number of nitrogens with zero attached hydrogens (tertiary/aromatic N) is 1. The van der Waals surface area contributed by atoms with Gasteiger partial charge in [0.1, 0.15) is 0 Å². The average molecular weight is 232 g/mol. The molecule has 1 heterocycles. The Morgan fingerprint density at radius 1 is 1.29 bits per heavy atom. The molecule has 1 N–H and O–H groups in total. The molecule has 0 saturated heterocycles. The van der Waals surface area contributed by atoms with Crippen molar-refractivity contribution >= 4 is 0 Å². The minimum atomic E-state index is -0.376. The molecule has 0 aliphatic carbocycles. The lowest BCUT2D eigenvalue weighted by Gasteiger charge is -2.09. The molecule has 5 nitrogen and oxygen atoms in total. The van der Waals surface area contributed by atoms with Crippen LogP contribution in [-0.2, 0) is 0 Å². The summed E-state index contributed by atoms with van der Waals surface area (Å²) in [6, 6.07) is 7.13. The topological polar surface area (TPSA) is 64.2 Å². The molecule has 2 aromatic rings. The Hall–Kier alpha value is -2.30. The number of H-pyrrole nitrogens is 1. The monoisotopic (exact) mass is 232 g/mol. The van der Waals surface area contributed by atoms with Crippen LogP contribution < -0.4 is 15.0 Å². The second kappa shape index (κ2) is 5.16. The van der Waals surface area contributed by atoms with Crippen LogP contribution in [0, 0.1) is 0 Å². The molecule has 2 rings (SSSR count). The van der Waals surface area contributed by atoms with Crippen LogP contribution in [-0.4, -0.2) is 16.6 Å². The van der Waals surface area contributed by atoms with Gasteiger partial charge in [0, 0.05) is 12.4 Å². The molecule has 88 valence electrons. The molecule has 0 spiro atoms. The Kier molecular flexibility index (Phi) is 3.40. The molecule has 0 amide bonds. The number of rotatable bonds is 4. The largest absolute Gasteiger partial charge is 0.490 e. The molecular weight excluding hydrogens is 220 g/mol. The first kappa shape index (κ1) is 11.2. The molecule has 0 radical (unpaired) electrons. The first-order valence-electron chi connectivity index (χ1n) is 5.24. The van der Waals surface area contributed by atoms with Crippen molar-refractivity contribution in [2.24, 2.45) is 0 Å². The minimum Gasteiger partial charge on any atom is -0.490 e. The summed E-state index contributed by atoms with van der Waals surface area (Å²) in [6.45, 7) is 2.41. The molecule has 1 aromatic carbocycles. The van der Waals surface area contributed by atoms with Gasteiger partial charge in [-0.3, -0.25) is 4.79 Å². The molecule has 5 heteroatoms. The van der Waals surface area contributed by atoms with E-state index in [1.165, 1.54) is 12.4 Å². The molecule has 17 heavy (non-hydrogen) atoms. The van der Waals surface area contributed by atoms with E-state index >= 15 is 0 Å². The molecule has 0 saturated carbocycles. The third kappa shape index (κ3) is 2.63. The van der Waals surface area contributed by atoms with Crippen molar-refractivity contribution in [3.05, 3.63) is 47.0 Å². The summed E-state index contributed by atoms with van der Waals surface area (Å²) in [5, 5.41) is 0. The van der Waals surface area contributed by atoms with Crippen molar-refractivity contribution in [2.75, 3.05) is 6.61 Å². The molecular formula is C12H12N2O3. The highest BCUT2D eigenvalue weighted by molar-refractivity contribution is 5.41. The fourth-order valence-corrected chi connectivity index (χ4v) is 1.32.